The maximum atomic E-state index is 12.6. The highest BCUT2D eigenvalue weighted by atomic mass is 32.2. The summed E-state index contributed by atoms with van der Waals surface area (Å²) in [6.07, 6.45) is -0.131. The number of aryl methyl sites for hydroxylation is 1. The summed E-state index contributed by atoms with van der Waals surface area (Å²) in [4.78, 5) is 13.8. The van der Waals surface area contributed by atoms with Crippen molar-refractivity contribution in [2.24, 2.45) is 0 Å². The van der Waals surface area contributed by atoms with Gasteiger partial charge in [0.2, 0.25) is 5.91 Å². The van der Waals surface area contributed by atoms with Crippen LogP contribution in [0.4, 0.5) is 5.69 Å². The second kappa shape index (κ2) is 6.64. The summed E-state index contributed by atoms with van der Waals surface area (Å²) in [5.41, 5.74) is 2.35. The molecule has 0 N–H and O–H groups in total. The second-order valence-corrected chi connectivity index (χ2v) is 7.82. The van der Waals surface area contributed by atoms with Crippen LogP contribution < -0.4 is 4.90 Å². The second-order valence-electron chi connectivity index (χ2n) is 5.75. The van der Waals surface area contributed by atoms with E-state index in [1.165, 1.54) is 11.0 Å². The van der Waals surface area contributed by atoms with Crippen molar-refractivity contribution in [1.82, 2.24) is 10.3 Å². The van der Waals surface area contributed by atoms with Crippen molar-refractivity contribution < 1.29 is 17.8 Å². The van der Waals surface area contributed by atoms with E-state index in [4.69, 9.17) is 0 Å². The van der Waals surface area contributed by atoms with Crippen LogP contribution in [0.1, 0.15) is 12.0 Å². The molecule has 130 valence electrons. The number of rotatable bonds is 5. The first-order chi connectivity index (χ1) is 11.9. The van der Waals surface area contributed by atoms with Crippen LogP contribution in [-0.2, 0) is 14.6 Å². The number of anilines is 1. The molecule has 7 nitrogen and oxygen atoms in total. The molecule has 2 aromatic carbocycles. The third-order valence-electron chi connectivity index (χ3n) is 3.96. The molecule has 0 radical (unpaired) electrons. The SMILES string of the molecule is Cc1ccc(N(C)C(=O)CCS(=O)(=O)c2cccc3nonc23)cc1. The fourth-order valence-electron chi connectivity index (χ4n) is 2.44. The van der Waals surface area contributed by atoms with Crippen LogP contribution in [0, 0.1) is 6.92 Å². The molecule has 1 aromatic heterocycles. The Morgan fingerprint density at radius 2 is 1.84 bits per heavy atom. The highest BCUT2D eigenvalue weighted by molar-refractivity contribution is 7.91. The first kappa shape index (κ1) is 17.1. The number of amides is 1. The summed E-state index contributed by atoms with van der Waals surface area (Å²) in [5, 5.41) is 7.28. The normalized spacial score (nSPS) is 11.6. The standard InChI is InChI=1S/C17H17N3O4S/c1-12-6-8-13(9-7-12)20(2)16(21)10-11-25(22,23)15-5-3-4-14-17(15)19-24-18-14/h3-9H,10-11H2,1-2H3. The fourth-order valence-corrected chi connectivity index (χ4v) is 3.83. The van der Waals surface area contributed by atoms with Gasteiger partial charge in [-0.25, -0.2) is 13.0 Å². The average Bonchev–Trinajstić information content (AvgIpc) is 3.08. The number of carbonyl (C=O) groups excluding carboxylic acids is 1. The van der Waals surface area contributed by atoms with Crippen LogP contribution in [-0.4, -0.2) is 37.4 Å². The van der Waals surface area contributed by atoms with Gasteiger partial charge in [0.05, 0.1) is 10.6 Å². The van der Waals surface area contributed by atoms with Gasteiger partial charge >= 0.3 is 0 Å². The van der Waals surface area contributed by atoms with Gasteiger partial charge in [-0.05, 0) is 41.5 Å². The van der Waals surface area contributed by atoms with E-state index < -0.39 is 9.84 Å². The number of nitrogens with zero attached hydrogens (tertiary/aromatic N) is 3. The molecule has 1 amide bonds. The third-order valence-corrected chi connectivity index (χ3v) is 5.71. The van der Waals surface area contributed by atoms with E-state index in [-0.39, 0.29) is 28.5 Å². The molecule has 1 heterocycles. The van der Waals surface area contributed by atoms with Gasteiger partial charge in [0.1, 0.15) is 5.52 Å². The van der Waals surface area contributed by atoms with E-state index in [9.17, 15) is 13.2 Å². The zero-order valence-electron chi connectivity index (χ0n) is 13.8. The number of sulfone groups is 1. The van der Waals surface area contributed by atoms with E-state index in [0.717, 1.165) is 11.3 Å². The topological polar surface area (TPSA) is 93.4 Å². The molecule has 25 heavy (non-hydrogen) atoms. The van der Waals surface area contributed by atoms with Crippen molar-refractivity contribution >= 4 is 32.5 Å². The van der Waals surface area contributed by atoms with Gasteiger partial charge in [0.15, 0.2) is 15.4 Å². The lowest BCUT2D eigenvalue weighted by molar-refractivity contribution is -0.117. The van der Waals surface area contributed by atoms with Gasteiger partial charge in [0, 0.05) is 19.2 Å². The van der Waals surface area contributed by atoms with Crippen molar-refractivity contribution in [3.8, 4) is 0 Å². The van der Waals surface area contributed by atoms with Crippen molar-refractivity contribution in [3.63, 3.8) is 0 Å². The fraction of sp³-hybridized carbons (Fsp3) is 0.235. The molecular weight excluding hydrogens is 342 g/mol. The number of fused-ring (bicyclic) bond motifs is 1. The van der Waals surface area contributed by atoms with E-state index in [1.807, 2.05) is 31.2 Å². The first-order valence-electron chi connectivity index (χ1n) is 7.66. The lowest BCUT2D eigenvalue weighted by atomic mass is 10.2. The maximum Gasteiger partial charge on any atom is 0.227 e. The first-order valence-corrected chi connectivity index (χ1v) is 9.31. The van der Waals surface area contributed by atoms with E-state index >= 15 is 0 Å². The van der Waals surface area contributed by atoms with Crippen LogP contribution in [0.3, 0.4) is 0 Å². The molecular formula is C17H17N3O4S. The molecule has 0 bridgehead atoms. The Labute approximate surface area is 145 Å². The molecule has 0 saturated heterocycles. The smallest absolute Gasteiger partial charge is 0.227 e. The van der Waals surface area contributed by atoms with Crippen LogP contribution >= 0.6 is 0 Å². The Balaban J connectivity index is 1.74. The van der Waals surface area contributed by atoms with Crippen LogP contribution in [0.2, 0.25) is 0 Å². The predicted octanol–water partition coefficient (Wildman–Crippen LogP) is 2.36. The molecule has 0 aliphatic rings. The molecule has 0 saturated carbocycles. The Hall–Kier alpha value is -2.74. The molecule has 0 aliphatic carbocycles. The zero-order valence-corrected chi connectivity index (χ0v) is 14.7. The Morgan fingerprint density at radius 3 is 2.56 bits per heavy atom. The van der Waals surface area contributed by atoms with Gasteiger partial charge in [-0.2, -0.15) is 0 Å². The average molecular weight is 359 g/mol. The van der Waals surface area contributed by atoms with Crippen LogP contribution in [0.25, 0.3) is 11.0 Å². The van der Waals surface area contributed by atoms with Crippen molar-refractivity contribution in [2.75, 3.05) is 17.7 Å². The van der Waals surface area contributed by atoms with Crippen molar-refractivity contribution in [2.45, 2.75) is 18.2 Å². The zero-order chi connectivity index (χ0) is 18.0. The van der Waals surface area contributed by atoms with Gasteiger partial charge in [0.25, 0.3) is 0 Å². The minimum Gasteiger partial charge on any atom is -0.315 e. The van der Waals surface area contributed by atoms with Gasteiger partial charge in [-0.1, -0.05) is 23.8 Å². The number of hydrogen-bond acceptors (Lipinski definition) is 6. The van der Waals surface area contributed by atoms with E-state index in [1.54, 1.807) is 19.2 Å². The molecule has 0 aliphatic heterocycles. The molecule has 0 atom stereocenters. The van der Waals surface area contributed by atoms with Crippen LogP contribution in [0.15, 0.2) is 52.0 Å². The predicted molar refractivity (Wildman–Crippen MR) is 93.1 cm³/mol. The molecule has 0 unspecified atom stereocenters. The largest absolute Gasteiger partial charge is 0.315 e. The third kappa shape index (κ3) is 3.53. The lowest BCUT2D eigenvalue weighted by Gasteiger charge is -2.17. The summed E-state index contributed by atoms with van der Waals surface area (Å²) >= 11 is 0. The summed E-state index contributed by atoms with van der Waals surface area (Å²) < 4.78 is 29.7. The monoisotopic (exact) mass is 359 g/mol. The lowest BCUT2D eigenvalue weighted by Crippen LogP contribution is -2.28. The van der Waals surface area contributed by atoms with Crippen molar-refractivity contribution in [1.29, 1.82) is 0 Å². The highest BCUT2D eigenvalue weighted by Crippen LogP contribution is 2.22. The minimum atomic E-state index is -3.68. The molecule has 8 heteroatoms. The Morgan fingerprint density at radius 1 is 1.12 bits per heavy atom. The summed E-state index contributed by atoms with van der Waals surface area (Å²) in [7, 11) is -2.06. The summed E-state index contributed by atoms with van der Waals surface area (Å²) in [5.74, 6) is -0.591. The summed E-state index contributed by atoms with van der Waals surface area (Å²) in [6, 6.07) is 12.1. The van der Waals surface area contributed by atoms with Crippen molar-refractivity contribution in [3.05, 3.63) is 48.0 Å². The molecule has 3 aromatic rings. The minimum absolute atomic E-state index is 0.0250. The van der Waals surface area contributed by atoms with Gasteiger partial charge in [-0.15, -0.1) is 0 Å². The summed E-state index contributed by atoms with van der Waals surface area (Å²) in [6.45, 7) is 1.96. The molecule has 0 fully saturated rings. The van der Waals surface area contributed by atoms with E-state index in [2.05, 4.69) is 14.9 Å². The quantitative estimate of drug-likeness (QED) is 0.694. The number of hydrogen-bond donors (Lipinski definition) is 0. The highest BCUT2D eigenvalue weighted by Gasteiger charge is 2.22. The van der Waals surface area contributed by atoms with E-state index in [0.29, 0.717) is 5.52 Å². The van der Waals surface area contributed by atoms with Gasteiger partial charge < -0.3 is 4.90 Å². The molecule has 0 spiro atoms. The van der Waals surface area contributed by atoms with Crippen LogP contribution in [0.5, 0.6) is 0 Å². The maximum absolute atomic E-state index is 12.6. The Bertz CT molecular complexity index is 1010. The Kier molecular flexibility index (Phi) is 4.54. The van der Waals surface area contributed by atoms with Gasteiger partial charge in [-0.3, -0.25) is 4.79 Å². The number of carbonyl (C=O) groups is 1. The number of benzene rings is 2. The molecule has 3 rings (SSSR count). The number of aromatic nitrogens is 2.